The standard InChI is InChI=1S/C16H21N3O2.2ClH/c1-17-10-11-18-15(20)8-5-9-16-19-12-14(21-16)13-6-3-2-4-7-13;;/h2-4,6-7,12,17H,5,8-11H2,1H3,(H,18,20);2*1H. The molecule has 0 fully saturated rings. The third-order valence-corrected chi connectivity index (χ3v) is 3.10. The van der Waals surface area contributed by atoms with Crippen LogP contribution in [0.2, 0.25) is 0 Å². The van der Waals surface area contributed by atoms with Crippen molar-refractivity contribution in [2.45, 2.75) is 19.3 Å². The van der Waals surface area contributed by atoms with Crippen LogP contribution in [-0.4, -0.2) is 31.0 Å². The molecule has 1 heterocycles. The zero-order valence-electron chi connectivity index (χ0n) is 13.1. The minimum atomic E-state index is 0. The Morgan fingerprint density at radius 2 is 1.91 bits per heavy atom. The Labute approximate surface area is 149 Å². The van der Waals surface area contributed by atoms with Gasteiger partial charge in [-0.3, -0.25) is 4.79 Å². The van der Waals surface area contributed by atoms with Gasteiger partial charge in [0, 0.05) is 31.5 Å². The molecule has 0 bridgehead atoms. The van der Waals surface area contributed by atoms with Crippen LogP contribution < -0.4 is 10.6 Å². The van der Waals surface area contributed by atoms with Gasteiger partial charge in [0.1, 0.15) is 0 Å². The average Bonchev–Trinajstić information content (AvgIpc) is 2.97. The van der Waals surface area contributed by atoms with Gasteiger partial charge in [-0.2, -0.15) is 0 Å². The second kappa shape index (κ2) is 11.9. The lowest BCUT2D eigenvalue weighted by molar-refractivity contribution is -0.121. The van der Waals surface area contributed by atoms with Gasteiger partial charge in [0.25, 0.3) is 0 Å². The molecule has 0 aliphatic heterocycles. The van der Waals surface area contributed by atoms with Crippen molar-refractivity contribution < 1.29 is 9.21 Å². The van der Waals surface area contributed by atoms with Crippen molar-refractivity contribution in [1.82, 2.24) is 15.6 Å². The molecule has 0 saturated heterocycles. The molecule has 0 aliphatic rings. The van der Waals surface area contributed by atoms with Crippen LogP contribution in [0.1, 0.15) is 18.7 Å². The maximum Gasteiger partial charge on any atom is 0.220 e. The van der Waals surface area contributed by atoms with Gasteiger partial charge in [-0.1, -0.05) is 30.3 Å². The summed E-state index contributed by atoms with van der Waals surface area (Å²) in [5.74, 6) is 1.51. The van der Waals surface area contributed by atoms with E-state index in [9.17, 15) is 4.79 Å². The van der Waals surface area contributed by atoms with E-state index in [1.807, 2.05) is 37.4 Å². The molecule has 0 aliphatic carbocycles. The lowest BCUT2D eigenvalue weighted by Gasteiger charge is -2.03. The molecular formula is C16H23Cl2N3O2. The van der Waals surface area contributed by atoms with Crippen LogP contribution in [0.15, 0.2) is 40.9 Å². The monoisotopic (exact) mass is 359 g/mol. The van der Waals surface area contributed by atoms with Crippen LogP contribution in [0.25, 0.3) is 11.3 Å². The van der Waals surface area contributed by atoms with Gasteiger partial charge in [0.15, 0.2) is 11.7 Å². The summed E-state index contributed by atoms with van der Waals surface area (Å²) in [7, 11) is 1.86. The number of hydrogen-bond acceptors (Lipinski definition) is 4. The third kappa shape index (κ3) is 7.50. The minimum absolute atomic E-state index is 0. The molecule has 0 spiro atoms. The van der Waals surface area contributed by atoms with Crippen LogP contribution in [0.4, 0.5) is 0 Å². The first-order valence-corrected chi connectivity index (χ1v) is 7.21. The summed E-state index contributed by atoms with van der Waals surface area (Å²) in [6.07, 6.45) is 3.64. The van der Waals surface area contributed by atoms with Gasteiger partial charge in [-0.25, -0.2) is 4.98 Å². The number of aryl methyl sites for hydroxylation is 1. The first-order chi connectivity index (χ1) is 10.3. The van der Waals surface area contributed by atoms with Crippen LogP contribution >= 0.6 is 24.8 Å². The number of carbonyl (C=O) groups excluding carboxylic acids is 1. The van der Waals surface area contributed by atoms with E-state index < -0.39 is 0 Å². The van der Waals surface area contributed by atoms with Gasteiger partial charge in [-0.15, -0.1) is 24.8 Å². The predicted molar refractivity (Wildman–Crippen MR) is 96.3 cm³/mol. The maximum atomic E-state index is 11.5. The van der Waals surface area contributed by atoms with Crippen LogP contribution in [0.5, 0.6) is 0 Å². The number of halogens is 2. The molecule has 2 rings (SSSR count). The van der Waals surface area contributed by atoms with Crippen molar-refractivity contribution >= 4 is 30.7 Å². The zero-order chi connectivity index (χ0) is 14.9. The molecular weight excluding hydrogens is 337 g/mol. The van der Waals surface area contributed by atoms with Gasteiger partial charge in [0.2, 0.25) is 5.91 Å². The van der Waals surface area contributed by atoms with E-state index in [1.165, 1.54) is 0 Å². The van der Waals surface area contributed by atoms with Gasteiger partial charge >= 0.3 is 0 Å². The predicted octanol–water partition coefficient (Wildman–Crippen LogP) is 2.84. The summed E-state index contributed by atoms with van der Waals surface area (Å²) < 4.78 is 5.70. The van der Waals surface area contributed by atoms with Crippen molar-refractivity contribution in [1.29, 1.82) is 0 Å². The third-order valence-electron chi connectivity index (χ3n) is 3.10. The van der Waals surface area contributed by atoms with Gasteiger partial charge in [0.05, 0.1) is 6.20 Å². The highest BCUT2D eigenvalue weighted by molar-refractivity contribution is 5.85. The van der Waals surface area contributed by atoms with E-state index in [2.05, 4.69) is 15.6 Å². The largest absolute Gasteiger partial charge is 0.441 e. The molecule has 0 saturated carbocycles. The molecule has 0 atom stereocenters. The van der Waals surface area contributed by atoms with Crippen molar-refractivity contribution in [2.75, 3.05) is 20.1 Å². The highest BCUT2D eigenvalue weighted by Crippen LogP contribution is 2.20. The van der Waals surface area contributed by atoms with E-state index in [4.69, 9.17) is 4.42 Å². The highest BCUT2D eigenvalue weighted by Gasteiger charge is 2.07. The number of benzene rings is 1. The maximum absolute atomic E-state index is 11.5. The van der Waals surface area contributed by atoms with Crippen molar-refractivity contribution in [3.63, 3.8) is 0 Å². The second-order valence-electron chi connectivity index (χ2n) is 4.79. The number of carbonyl (C=O) groups is 1. The fraction of sp³-hybridized carbons (Fsp3) is 0.375. The molecule has 1 aromatic heterocycles. The number of aromatic nitrogens is 1. The Morgan fingerprint density at radius 3 is 2.61 bits per heavy atom. The number of oxazole rings is 1. The number of hydrogen-bond donors (Lipinski definition) is 2. The molecule has 23 heavy (non-hydrogen) atoms. The van der Waals surface area contributed by atoms with E-state index in [0.29, 0.717) is 25.3 Å². The molecule has 7 heteroatoms. The van der Waals surface area contributed by atoms with E-state index in [-0.39, 0.29) is 30.7 Å². The summed E-state index contributed by atoms with van der Waals surface area (Å²) in [5.41, 5.74) is 1.01. The Hall–Kier alpha value is -1.56. The Morgan fingerprint density at radius 1 is 1.17 bits per heavy atom. The number of nitrogens with zero attached hydrogens (tertiary/aromatic N) is 1. The van der Waals surface area contributed by atoms with Crippen molar-refractivity contribution in [3.05, 3.63) is 42.4 Å². The summed E-state index contributed by atoms with van der Waals surface area (Å²) >= 11 is 0. The van der Waals surface area contributed by atoms with Crippen LogP contribution in [0, 0.1) is 0 Å². The number of amides is 1. The summed E-state index contributed by atoms with van der Waals surface area (Å²) in [5, 5.41) is 5.83. The average molecular weight is 360 g/mol. The molecule has 5 nitrogen and oxygen atoms in total. The first-order valence-electron chi connectivity index (χ1n) is 7.21. The first kappa shape index (κ1) is 21.4. The molecule has 0 unspecified atom stereocenters. The van der Waals surface area contributed by atoms with Crippen LogP contribution in [0.3, 0.4) is 0 Å². The smallest absolute Gasteiger partial charge is 0.220 e. The fourth-order valence-corrected chi connectivity index (χ4v) is 1.98. The summed E-state index contributed by atoms with van der Waals surface area (Å²) in [4.78, 5) is 15.8. The Kier molecular flexibility index (Phi) is 11.1. The number of rotatable bonds is 8. The van der Waals surface area contributed by atoms with Crippen molar-refractivity contribution in [3.8, 4) is 11.3 Å². The lowest BCUT2D eigenvalue weighted by Crippen LogP contribution is -2.30. The summed E-state index contributed by atoms with van der Waals surface area (Å²) in [6.45, 7) is 1.44. The zero-order valence-corrected chi connectivity index (χ0v) is 14.7. The molecule has 2 N–H and O–H groups in total. The lowest BCUT2D eigenvalue weighted by atomic mass is 10.2. The molecule has 0 radical (unpaired) electrons. The SMILES string of the molecule is CNCCNC(=O)CCCc1ncc(-c2ccccc2)o1.Cl.Cl. The molecule has 1 amide bonds. The minimum Gasteiger partial charge on any atom is -0.441 e. The second-order valence-corrected chi connectivity index (χ2v) is 4.79. The van der Waals surface area contributed by atoms with E-state index in [1.54, 1.807) is 6.20 Å². The van der Waals surface area contributed by atoms with E-state index in [0.717, 1.165) is 24.3 Å². The quantitative estimate of drug-likeness (QED) is 0.711. The van der Waals surface area contributed by atoms with Crippen molar-refractivity contribution in [2.24, 2.45) is 0 Å². The normalized spacial score (nSPS) is 9.61. The highest BCUT2D eigenvalue weighted by atomic mass is 35.5. The summed E-state index contributed by atoms with van der Waals surface area (Å²) in [6, 6.07) is 9.87. The van der Waals surface area contributed by atoms with Crippen LogP contribution in [-0.2, 0) is 11.2 Å². The number of nitrogens with one attached hydrogen (secondary N) is 2. The molecule has 2 aromatic rings. The molecule has 1 aromatic carbocycles. The topological polar surface area (TPSA) is 67.2 Å². The molecule has 128 valence electrons. The van der Waals surface area contributed by atoms with Gasteiger partial charge in [-0.05, 0) is 13.5 Å². The van der Waals surface area contributed by atoms with Gasteiger partial charge < -0.3 is 15.1 Å². The Balaban J connectivity index is 0.00000242. The fourth-order valence-electron chi connectivity index (χ4n) is 1.98. The Bertz CT molecular complexity index is 561. The van der Waals surface area contributed by atoms with E-state index >= 15 is 0 Å². The number of likely N-dealkylation sites (N-methyl/N-ethyl adjacent to an activating group) is 1.